The summed E-state index contributed by atoms with van der Waals surface area (Å²) < 4.78 is 5.81. The van der Waals surface area contributed by atoms with Crippen LogP contribution in [0.5, 0.6) is 5.75 Å². The van der Waals surface area contributed by atoms with Crippen LogP contribution in [0.3, 0.4) is 0 Å². The van der Waals surface area contributed by atoms with Gasteiger partial charge in [0.05, 0.1) is 12.0 Å². The van der Waals surface area contributed by atoms with E-state index >= 15 is 0 Å². The lowest BCUT2D eigenvalue weighted by molar-refractivity contribution is -0.149. The van der Waals surface area contributed by atoms with Crippen molar-refractivity contribution in [2.24, 2.45) is 17.8 Å². The van der Waals surface area contributed by atoms with E-state index in [1.807, 2.05) is 39.6 Å². The Labute approximate surface area is 329 Å². The number of carbonyl (C=O) groups is 5. The van der Waals surface area contributed by atoms with Gasteiger partial charge in [0, 0.05) is 43.1 Å². The van der Waals surface area contributed by atoms with Gasteiger partial charge in [-0.05, 0) is 68.8 Å². The molecule has 3 amide bonds. The smallest absolute Gasteiger partial charge is 0.306 e. The monoisotopic (exact) mass is 789 g/mol. The van der Waals surface area contributed by atoms with Gasteiger partial charge in [-0.2, -0.15) is 12.6 Å². The zero-order chi connectivity index (χ0) is 40.1. The molecular weight excluding hydrogens is 731 g/mol. The summed E-state index contributed by atoms with van der Waals surface area (Å²) in [6.07, 6.45) is 3.18. The number of aliphatic carboxylic acids is 1. The van der Waals surface area contributed by atoms with E-state index in [0.29, 0.717) is 30.1 Å². The van der Waals surface area contributed by atoms with E-state index in [4.69, 9.17) is 4.74 Å². The number of aromatic nitrogens is 1. The average molecular weight is 790 g/mol. The molecule has 54 heavy (non-hydrogen) atoms. The fourth-order valence-electron chi connectivity index (χ4n) is 6.88. The van der Waals surface area contributed by atoms with Crippen molar-refractivity contribution in [2.75, 3.05) is 25.9 Å². The van der Waals surface area contributed by atoms with Crippen LogP contribution in [0.25, 0.3) is 0 Å². The SMILES string of the molecule is CCC(C)[C@H](NC(=O)[C@H]1CCCCN1C)C(=O)N(CCS)[C@H](C[C@@H](OC(C)=O)c1nc(C(=O)N[C@@H](Cc2ccc(O)cc2)C[C@H](C)C(=O)O)cs1)C(C)C. The Kier molecular flexibility index (Phi) is 17.7. The van der Waals surface area contributed by atoms with Crippen LogP contribution in [-0.4, -0.2) is 105 Å². The first-order chi connectivity index (χ1) is 25.6. The van der Waals surface area contributed by atoms with Crippen LogP contribution in [0.2, 0.25) is 0 Å². The minimum Gasteiger partial charge on any atom is -0.508 e. The third-order valence-electron chi connectivity index (χ3n) is 10.3. The number of carboxylic acid groups (broad SMARTS) is 1. The van der Waals surface area contributed by atoms with Crippen molar-refractivity contribution < 1.29 is 38.9 Å². The molecule has 2 aromatic rings. The number of thiazole rings is 1. The van der Waals surface area contributed by atoms with E-state index in [1.54, 1.807) is 29.3 Å². The van der Waals surface area contributed by atoms with E-state index in [0.717, 1.165) is 42.7 Å². The van der Waals surface area contributed by atoms with Crippen molar-refractivity contribution in [3.05, 3.63) is 45.9 Å². The standard InChI is InChI=1S/C39H59N5O8S2/c1-8-24(4)34(42-36(48)31-11-9-10-16-43(31)7)38(49)44(17-18-53)32(23(2)3)21-33(52-26(6)45)37-41-30(22-54-37)35(47)40-28(19-25(5)39(50)51)20-27-12-14-29(46)15-13-27/h12-15,22-25,28,31-34,46,53H,8-11,16-21H2,1-7H3,(H,40,47)(H,42,48)(H,50,51)/t24?,25-,28+,31+,32+,33+,34-/m0/s1. The minimum atomic E-state index is -0.986. The second-order valence-electron chi connectivity index (χ2n) is 14.9. The fraction of sp³-hybridized carbons (Fsp3) is 0.641. The number of hydrogen-bond donors (Lipinski definition) is 5. The molecule has 15 heteroatoms. The zero-order valence-electron chi connectivity index (χ0n) is 32.6. The highest BCUT2D eigenvalue weighted by molar-refractivity contribution is 7.80. The molecular formula is C39H59N5O8S2. The predicted molar refractivity (Wildman–Crippen MR) is 212 cm³/mol. The van der Waals surface area contributed by atoms with Gasteiger partial charge < -0.3 is 30.5 Å². The molecule has 0 bridgehead atoms. The molecule has 1 aliphatic heterocycles. The molecule has 1 fully saturated rings. The molecule has 1 aromatic heterocycles. The molecule has 13 nitrogen and oxygen atoms in total. The Morgan fingerprint density at radius 2 is 1.76 bits per heavy atom. The van der Waals surface area contributed by atoms with E-state index in [2.05, 4.69) is 28.2 Å². The molecule has 300 valence electrons. The molecule has 1 aliphatic rings. The van der Waals surface area contributed by atoms with E-state index in [9.17, 15) is 34.2 Å². The highest BCUT2D eigenvalue weighted by Gasteiger charge is 2.38. The van der Waals surface area contributed by atoms with Crippen molar-refractivity contribution in [3.63, 3.8) is 0 Å². The Balaban J connectivity index is 1.88. The van der Waals surface area contributed by atoms with Gasteiger partial charge in [-0.3, -0.25) is 28.9 Å². The number of likely N-dealkylation sites (tertiary alicyclic amines) is 1. The summed E-state index contributed by atoms with van der Waals surface area (Å²) in [6, 6.07) is 4.43. The first-order valence-corrected chi connectivity index (χ1v) is 20.4. The van der Waals surface area contributed by atoms with Crippen molar-refractivity contribution in [2.45, 2.75) is 117 Å². The second kappa shape index (κ2) is 21.4. The van der Waals surface area contributed by atoms with Crippen molar-refractivity contribution in [1.29, 1.82) is 0 Å². The van der Waals surface area contributed by atoms with E-state index < -0.39 is 48.0 Å². The highest BCUT2D eigenvalue weighted by Crippen LogP contribution is 2.32. The number of rotatable bonds is 20. The maximum Gasteiger partial charge on any atom is 0.306 e. The summed E-state index contributed by atoms with van der Waals surface area (Å²) in [4.78, 5) is 74.1. The Morgan fingerprint density at radius 1 is 1.07 bits per heavy atom. The number of phenolic OH excluding ortho intramolecular Hbond substituents is 1. The predicted octanol–water partition coefficient (Wildman–Crippen LogP) is 5.09. The number of carbonyl (C=O) groups excluding carboxylic acids is 4. The third-order valence-corrected chi connectivity index (χ3v) is 11.4. The Hall–Kier alpha value is -3.69. The number of benzene rings is 1. The topological polar surface area (TPSA) is 178 Å². The molecule has 3 rings (SSSR count). The number of nitrogens with one attached hydrogen (secondary N) is 2. The third kappa shape index (κ3) is 13.0. The zero-order valence-corrected chi connectivity index (χ0v) is 34.3. The largest absolute Gasteiger partial charge is 0.508 e. The number of ether oxygens (including phenoxy) is 1. The van der Waals surface area contributed by atoms with Gasteiger partial charge in [-0.15, -0.1) is 11.3 Å². The lowest BCUT2D eigenvalue weighted by atomic mass is 9.92. The maximum absolute atomic E-state index is 14.5. The van der Waals surface area contributed by atoms with Gasteiger partial charge in [-0.1, -0.05) is 59.6 Å². The van der Waals surface area contributed by atoms with Crippen LogP contribution in [0.4, 0.5) is 0 Å². The van der Waals surface area contributed by atoms with Gasteiger partial charge in [0.25, 0.3) is 5.91 Å². The Morgan fingerprint density at radius 3 is 2.33 bits per heavy atom. The van der Waals surface area contributed by atoms with Crippen LogP contribution < -0.4 is 10.6 Å². The number of thiol groups is 1. The summed E-state index contributed by atoms with van der Waals surface area (Å²) in [6.45, 7) is 11.9. The van der Waals surface area contributed by atoms with Gasteiger partial charge in [0.2, 0.25) is 11.8 Å². The van der Waals surface area contributed by atoms with E-state index in [-0.39, 0.29) is 54.0 Å². The number of amides is 3. The number of likely N-dealkylation sites (N-methyl/N-ethyl adjacent to an activating group) is 1. The summed E-state index contributed by atoms with van der Waals surface area (Å²) in [7, 11) is 1.93. The average Bonchev–Trinajstić information content (AvgIpc) is 3.62. The number of nitrogens with zero attached hydrogens (tertiary/aromatic N) is 3. The minimum absolute atomic E-state index is 0.0856. The number of piperidine rings is 1. The van der Waals surface area contributed by atoms with Gasteiger partial charge in [-0.25, -0.2) is 4.98 Å². The molecule has 2 heterocycles. The fourth-order valence-corrected chi connectivity index (χ4v) is 7.93. The second-order valence-corrected chi connectivity index (χ2v) is 16.2. The summed E-state index contributed by atoms with van der Waals surface area (Å²) in [5.41, 5.74) is 0.892. The lowest BCUT2D eigenvalue weighted by Crippen LogP contribution is -2.59. The molecule has 4 N–H and O–H groups in total. The summed E-state index contributed by atoms with van der Waals surface area (Å²) in [5.74, 6) is -2.93. The van der Waals surface area contributed by atoms with Crippen LogP contribution in [-0.2, 0) is 30.3 Å². The summed E-state index contributed by atoms with van der Waals surface area (Å²) in [5, 5.41) is 27.2. The first kappa shape index (κ1) is 44.7. The molecule has 1 aromatic carbocycles. The molecule has 0 saturated carbocycles. The lowest BCUT2D eigenvalue weighted by Gasteiger charge is -2.40. The Bertz CT molecular complexity index is 1550. The molecule has 7 atom stereocenters. The highest BCUT2D eigenvalue weighted by atomic mass is 32.1. The van der Waals surface area contributed by atoms with Crippen LogP contribution >= 0.6 is 24.0 Å². The summed E-state index contributed by atoms with van der Waals surface area (Å²) >= 11 is 5.64. The molecule has 0 spiro atoms. The molecule has 1 unspecified atom stereocenters. The number of phenols is 1. The van der Waals surface area contributed by atoms with Crippen LogP contribution in [0, 0.1) is 17.8 Å². The van der Waals surface area contributed by atoms with Gasteiger partial charge >= 0.3 is 11.9 Å². The van der Waals surface area contributed by atoms with Crippen molar-refractivity contribution in [1.82, 2.24) is 25.4 Å². The van der Waals surface area contributed by atoms with Crippen LogP contribution in [0.15, 0.2) is 29.6 Å². The van der Waals surface area contributed by atoms with Crippen LogP contribution in [0.1, 0.15) is 107 Å². The number of esters is 1. The maximum atomic E-state index is 14.5. The number of aromatic hydroxyl groups is 1. The van der Waals surface area contributed by atoms with Crippen molar-refractivity contribution in [3.8, 4) is 5.75 Å². The quantitative estimate of drug-likeness (QED) is 0.0897. The van der Waals surface area contributed by atoms with E-state index in [1.165, 1.54) is 19.1 Å². The molecule has 0 aliphatic carbocycles. The first-order valence-electron chi connectivity index (χ1n) is 18.9. The number of carboxylic acids is 1. The number of hydrogen-bond acceptors (Lipinski definition) is 11. The molecule has 0 radical (unpaired) electrons. The van der Waals surface area contributed by atoms with Crippen molar-refractivity contribution >= 4 is 53.6 Å². The van der Waals surface area contributed by atoms with Gasteiger partial charge in [0.15, 0.2) is 6.10 Å². The normalized spacial score (nSPS) is 18.1. The van der Waals surface area contributed by atoms with Gasteiger partial charge in [0.1, 0.15) is 22.5 Å². The molecule has 1 saturated heterocycles.